The lowest BCUT2D eigenvalue weighted by Gasteiger charge is -2.10. The van der Waals surface area contributed by atoms with Gasteiger partial charge in [0.1, 0.15) is 11.5 Å². The summed E-state index contributed by atoms with van der Waals surface area (Å²) in [7, 11) is 0. The summed E-state index contributed by atoms with van der Waals surface area (Å²) in [5, 5.41) is 19.5. The van der Waals surface area contributed by atoms with E-state index in [0.29, 0.717) is 11.5 Å². The first kappa shape index (κ1) is 19.2. The third-order valence-electron chi connectivity index (χ3n) is 3.86. The summed E-state index contributed by atoms with van der Waals surface area (Å²) in [6, 6.07) is 10.1. The molecule has 1 aromatic carbocycles. The van der Waals surface area contributed by atoms with E-state index in [1.165, 1.54) is 12.1 Å². The van der Waals surface area contributed by atoms with Crippen LogP contribution in [0.4, 0.5) is 0 Å². The van der Waals surface area contributed by atoms with Crippen LogP contribution in [0.5, 0.6) is 5.75 Å². The summed E-state index contributed by atoms with van der Waals surface area (Å²) in [4.78, 5) is 23.2. The summed E-state index contributed by atoms with van der Waals surface area (Å²) in [6.07, 6.45) is 0.0787. The number of carbonyl (C=O) groups is 2. The van der Waals surface area contributed by atoms with Gasteiger partial charge in [-0.15, -0.1) is 5.10 Å². The molecule has 0 aliphatic carbocycles. The zero-order chi connectivity index (χ0) is 20.3. The fourth-order valence-electron chi connectivity index (χ4n) is 2.56. The van der Waals surface area contributed by atoms with E-state index in [2.05, 4.69) is 15.6 Å². The van der Waals surface area contributed by atoms with Crippen molar-refractivity contribution >= 4 is 11.9 Å². The maximum Gasteiger partial charge on any atom is 0.371 e. The van der Waals surface area contributed by atoms with Crippen LogP contribution in [-0.4, -0.2) is 38.1 Å². The molecule has 0 unspecified atom stereocenters. The molecular weight excluding hydrogens is 364 g/mol. The minimum atomic E-state index is -1.17. The van der Waals surface area contributed by atoms with Gasteiger partial charge in [-0.05, 0) is 57.2 Å². The predicted molar refractivity (Wildman–Crippen MR) is 98.7 cm³/mol. The molecule has 146 valence electrons. The highest BCUT2D eigenvalue weighted by molar-refractivity contribution is 5.93. The first-order valence-electron chi connectivity index (χ1n) is 8.64. The number of nitrogens with one attached hydrogen (secondary N) is 1. The number of carboxylic acids is 1. The number of aromatic carboxylic acids is 1. The Morgan fingerprint density at radius 1 is 1.21 bits per heavy atom. The summed E-state index contributed by atoms with van der Waals surface area (Å²) in [6.45, 7) is 5.68. The third kappa shape index (κ3) is 4.20. The van der Waals surface area contributed by atoms with E-state index < -0.39 is 11.9 Å². The Morgan fingerprint density at radius 2 is 1.93 bits per heavy atom. The smallest absolute Gasteiger partial charge is 0.371 e. The number of rotatable bonds is 7. The fourth-order valence-corrected chi connectivity index (χ4v) is 2.56. The lowest BCUT2D eigenvalue weighted by Crippen LogP contribution is -2.24. The summed E-state index contributed by atoms with van der Waals surface area (Å²) in [5.41, 5.74) is 1.49. The Bertz CT molecular complexity index is 988. The van der Waals surface area contributed by atoms with Crippen molar-refractivity contribution in [1.29, 1.82) is 0 Å². The molecule has 0 spiro atoms. The van der Waals surface area contributed by atoms with Gasteiger partial charge in [-0.2, -0.15) is 0 Å². The first-order chi connectivity index (χ1) is 13.3. The van der Waals surface area contributed by atoms with Gasteiger partial charge in [0.25, 0.3) is 5.91 Å². The normalized spacial score (nSPS) is 10.9. The minimum absolute atomic E-state index is 0.0413. The number of hydrogen-bond donors (Lipinski definition) is 2. The number of carboxylic acid groups (broad SMARTS) is 1. The highest BCUT2D eigenvalue weighted by atomic mass is 16.5. The third-order valence-corrected chi connectivity index (χ3v) is 3.86. The van der Waals surface area contributed by atoms with Crippen molar-refractivity contribution < 1.29 is 23.8 Å². The molecule has 0 fully saturated rings. The fraction of sp³-hybridized carbons (Fsp3) is 0.263. The average Bonchev–Trinajstić information content (AvgIpc) is 3.27. The Labute approximate surface area is 160 Å². The Balaban J connectivity index is 1.69. The molecule has 2 aromatic heterocycles. The van der Waals surface area contributed by atoms with E-state index in [0.717, 1.165) is 11.4 Å². The van der Waals surface area contributed by atoms with Gasteiger partial charge in [-0.1, -0.05) is 5.21 Å². The van der Waals surface area contributed by atoms with Gasteiger partial charge in [-0.3, -0.25) is 4.79 Å². The average molecular weight is 384 g/mol. The lowest BCUT2D eigenvalue weighted by molar-refractivity contribution is 0.0660. The molecule has 0 saturated heterocycles. The molecule has 0 aliphatic rings. The van der Waals surface area contributed by atoms with Crippen LogP contribution in [0, 0.1) is 6.92 Å². The Morgan fingerprint density at radius 3 is 2.54 bits per heavy atom. The molecule has 1 amide bonds. The summed E-state index contributed by atoms with van der Waals surface area (Å²) >= 11 is 0. The number of aromatic nitrogens is 3. The summed E-state index contributed by atoms with van der Waals surface area (Å²) in [5.74, 6) is -0.709. The van der Waals surface area contributed by atoms with Crippen LogP contribution in [0.15, 0.2) is 40.8 Å². The second-order valence-corrected chi connectivity index (χ2v) is 6.35. The predicted octanol–water partition coefficient (Wildman–Crippen LogP) is 2.58. The van der Waals surface area contributed by atoms with Crippen molar-refractivity contribution in [2.45, 2.75) is 33.4 Å². The molecule has 0 atom stereocenters. The quantitative estimate of drug-likeness (QED) is 0.642. The van der Waals surface area contributed by atoms with Crippen LogP contribution >= 0.6 is 0 Å². The highest BCUT2D eigenvalue weighted by Crippen LogP contribution is 2.18. The van der Waals surface area contributed by atoms with Gasteiger partial charge < -0.3 is 19.6 Å². The molecule has 0 saturated carbocycles. The molecule has 2 heterocycles. The first-order valence-corrected chi connectivity index (χ1v) is 8.64. The number of amides is 1. The number of hydrogen-bond acceptors (Lipinski definition) is 6. The molecule has 0 radical (unpaired) electrons. The standard InChI is InChI=1S/C19H20N4O5/c1-11(2)27-14-6-4-13(5-7-14)23-12(3)17(21-22-23)18(24)20-10-15-8-9-16(28-15)19(25)26/h4-9,11H,10H2,1-3H3,(H,20,24)(H,25,26). The molecule has 0 bridgehead atoms. The second-order valence-electron chi connectivity index (χ2n) is 6.35. The topological polar surface area (TPSA) is 119 Å². The molecule has 3 rings (SSSR count). The van der Waals surface area contributed by atoms with Crippen molar-refractivity contribution in [3.05, 3.63) is 59.3 Å². The Hall–Kier alpha value is -3.62. The van der Waals surface area contributed by atoms with Crippen LogP contribution in [0.25, 0.3) is 5.69 Å². The number of benzene rings is 1. The maximum absolute atomic E-state index is 12.4. The molecule has 9 heteroatoms. The van der Waals surface area contributed by atoms with E-state index in [1.807, 2.05) is 38.1 Å². The molecule has 2 N–H and O–H groups in total. The van der Waals surface area contributed by atoms with Gasteiger partial charge in [0, 0.05) is 0 Å². The van der Waals surface area contributed by atoms with Crippen molar-refractivity contribution in [1.82, 2.24) is 20.3 Å². The van der Waals surface area contributed by atoms with Gasteiger partial charge in [0.2, 0.25) is 5.76 Å². The number of carbonyl (C=O) groups excluding carboxylic acids is 1. The van der Waals surface area contributed by atoms with Crippen LogP contribution in [0.3, 0.4) is 0 Å². The largest absolute Gasteiger partial charge is 0.491 e. The van der Waals surface area contributed by atoms with Gasteiger partial charge in [0.15, 0.2) is 5.69 Å². The number of furan rings is 1. The van der Waals surface area contributed by atoms with Gasteiger partial charge in [0.05, 0.1) is 24.0 Å². The van der Waals surface area contributed by atoms with E-state index in [1.54, 1.807) is 11.6 Å². The maximum atomic E-state index is 12.4. The van der Waals surface area contributed by atoms with Crippen LogP contribution in [-0.2, 0) is 6.54 Å². The number of nitrogens with zero attached hydrogens (tertiary/aromatic N) is 3. The van der Waals surface area contributed by atoms with Gasteiger partial charge in [-0.25, -0.2) is 9.48 Å². The molecular formula is C19H20N4O5. The SMILES string of the molecule is Cc1c(C(=O)NCc2ccc(C(=O)O)o2)nnn1-c1ccc(OC(C)C)cc1. The second kappa shape index (κ2) is 7.95. The van der Waals surface area contributed by atoms with E-state index >= 15 is 0 Å². The van der Waals surface area contributed by atoms with Crippen molar-refractivity contribution in [2.75, 3.05) is 0 Å². The molecule has 0 aliphatic heterocycles. The molecule has 28 heavy (non-hydrogen) atoms. The van der Waals surface area contributed by atoms with Crippen LogP contribution in [0.1, 0.15) is 46.3 Å². The van der Waals surface area contributed by atoms with E-state index in [4.69, 9.17) is 14.3 Å². The molecule has 9 nitrogen and oxygen atoms in total. The Kier molecular flexibility index (Phi) is 5.44. The molecule has 3 aromatic rings. The minimum Gasteiger partial charge on any atom is -0.491 e. The zero-order valence-electron chi connectivity index (χ0n) is 15.7. The number of ether oxygens (including phenoxy) is 1. The highest BCUT2D eigenvalue weighted by Gasteiger charge is 2.18. The van der Waals surface area contributed by atoms with Crippen molar-refractivity contribution in [3.63, 3.8) is 0 Å². The van der Waals surface area contributed by atoms with Gasteiger partial charge >= 0.3 is 5.97 Å². The van der Waals surface area contributed by atoms with E-state index in [-0.39, 0.29) is 24.1 Å². The summed E-state index contributed by atoms with van der Waals surface area (Å²) < 4.78 is 12.3. The van der Waals surface area contributed by atoms with E-state index in [9.17, 15) is 9.59 Å². The zero-order valence-corrected chi connectivity index (χ0v) is 15.7. The van der Waals surface area contributed by atoms with Crippen LogP contribution < -0.4 is 10.1 Å². The lowest BCUT2D eigenvalue weighted by atomic mass is 10.2. The van der Waals surface area contributed by atoms with Crippen LogP contribution in [0.2, 0.25) is 0 Å². The van der Waals surface area contributed by atoms with Crippen molar-refractivity contribution in [2.24, 2.45) is 0 Å². The monoisotopic (exact) mass is 384 g/mol. The van der Waals surface area contributed by atoms with Crippen molar-refractivity contribution in [3.8, 4) is 11.4 Å².